The van der Waals surface area contributed by atoms with Gasteiger partial charge in [-0.25, -0.2) is 14.4 Å². The van der Waals surface area contributed by atoms with Crippen molar-refractivity contribution in [3.8, 4) is 0 Å². The van der Waals surface area contributed by atoms with Crippen molar-refractivity contribution in [2.45, 2.75) is 6.42 Å². The van der Waals surface area contributed by atoms with Crippen LogP contribution in [0.2, 0.25) is 5.28 Å². The fourth-order valence-corrected chi connectivity index (χ4v) is 4.02. The van der Waals surface area contributed by atoms with Crippen molar-refractivity contribution in [1.29, 1.82) is 0 Å². The number of piperidine rings is 1. The Balaban J connectivity index is 1.19. The maximum Gasteiger partial charge on any atom is 0.244 e. The largest absolute Gasteiger partial charge is 0.353 e. The zero-order valence-corrected chi connectivity index (χ0v) is 15.6. The molecule has 3 atom stereocenters. The van der Waals surface area contributed by atoms with Crippen LogP contribution in [0.1, 0.15) is 12.0 Å². The molecule has 0 radical (unpaired) electrons. The molecule has 0 unspecified atom stereocenters. The first-order chi connectivity index (χ1) is 13.5. The lowest BCUT2D eigenvalue weighted by Crippen LogP contribution is -2.28. The van der Waals surface area contributed by atoms with Crippen LogP contribution in [0, 0.1) is 29.5 Å². The monoisotopic (exact) mass is 405 g/mol. The summed E-state index contributed by atoms with van der Waals surface area (Å²) >= 11 is 5.76. The van der Waals surface area contributed by atoms with Gasteiger partial charge in [-0.2, -0.15) is 9.37 Å². The number of carbonyl (C=O) groups is 1. The first-order valence-electron chi connectivity index (χ1n) is 9.01. The molecule has 0 spiro atoms. The van der Waals surface area contributed by atoms with Crippen LogP contribution in [0.5, 0.6) is 0 Å². The molecule has 0 bridgehead atoms. The minimum absolute atomic E-state index is 0.0423. The average molecular weight is 406 g/mol. The maximum absolute atomic E-state index is 13.9. The van der Waals surface area contributed by atoms with Crippen LogP contribution in [0.4, 0.5) is 14.6 Å². The number of amides is 1. The summed E-state index contributed by atoms with van der Waals surface area (Å²) in [5.74, 6) is 0.562. The second-order valence-electron chi connectivity index (χ2n) is 7.03. The number of nitrogens with one attached hydrogen (secondary N) is 1. The van der Waals surface area contributed by atoms with Crippen molar-refractivity contribution in [2.75, 3.05) is 24.5 Å². The second-order valence-corrected chi connectivity index (χ2v) is 7.37. The zero-order valence-electron chi connectivity index (χ0n) is 14.9. The fraction of sp³-hybridized carbons (Fsp3) is 0.368. The van der Waals surface area contributed by atoms with Crippen molar-refractivity contribution < 1.29 is 13.6 Å². The first kappa shape index (κ1) is 18.7. The van der Waals surface area contributed by atoms with E-state index in [-0.39, 0.29) is 17.0 Å². The van der Waals surface area contributed by atoms with Gasteiger partial charge in [-0.1, -0.05) is 0 Å². The van der Waals surface area contributed by atoms with Gasteiger partial charge in [0.05, 0.1) is 6.20 Å². The van der Waals surface area contributed by atoms with Crippen molar-refractivity contribution in [2.24, 2.45) is 17.8 Å². The molecule has 1 aliphatic heterocycles. The van der Waals surface area contributed by atoms with E-state index in [2.05, 4.69) is 20.3 Å². The summed E-state index contributed by atoms with van der Waals surface area (Å²) in [7, 11) is 0. The van der Waals surface area contributed by atoms with Crippen LogP contribution in [-0.2, 0) is 4.79 Å². The number of anilines is 1. The highest BCUT2D eigenvalue weighted by molar-refractivity contribution is 6.28. The predicted molar refractivity (Wildman–Crippen MR) is 101 cm³/mol. The molecule has 1 saturated heterocycles. The first-order valence-corrected chi connectivity index (χ1v) is 9.39. The Labute approximate surface area is 165 Å². The molecule has 2 aromatic heterocycles. The van der Waals surface area contributed by atoms with Gasteiger partial charge >= 0.3 is 0 Å². The van der Waals surface area contributed by atoms with E-state index in [9.17, 15) is 13.6 Å². The number of halogens is 3. The molecule has 2 fully saturated rings. The van der Waals surface area contributed by atoms with Gasteiger partial charge in [0.2, 0.25) is 17.1 Å². The van der Waals surface area contributed by atoms with Crippen LogP contribution >= 0.6 is 11.6 Å². The number of carbonyl (C=O) groups excluding carboxylic acids is 1. The van der Waals surface area contributed by atoms with E-state index < -0.39 is 11.8 Å². The molecular formula is C19H18ClF2N5O. The molecule has 1 aliphatic carbocycles. The van der Waals surface area contributed by atoms with E-state index >= 15 is 0 Å². The lowest BCUT2D eigenvalue weighted by Gasteiger charge is -2.21. The Kier molecular flexibility index (Phi) is 5.21. The van der Waals surface area contributed by atoms with E-state index in [0.29, 0.717) is 29.9 Å². The quantitative estimate of drug-likeness (QED) is 0.454. The van der Waals surface area contributed by atoms with E-state index in [1.54, 1.807) is 12.1 Å². The summed E-state index contributed by atoms with van der Waals surface area (Å²) in [5, 5.41) is 2.89. The van der Waals surface area contributed by atoms with Crippen molar-refractivity contribution in [3.63, 3.8) is 0 Å². The summed E-state index contributed by atoms with van der Waals surface area (Å²) in [5.41, 5.74) is 0.658. The minimum Gasteiger partial charge on any atom is -0.353 e. The number of fused-ring (bicyclic) bond motifs is 1. The highest BCUT2D eigenvalue weighted by atomic mass is 35.5. The zero-order chi connectivity index (χ0) is 19.7. The minimum atomic E-state index is -0.555. The van der Waals surface area contributed by atoms with Crippen molar-refractivity contribution in [3.05, 3.63) is 53.2 Å². The number of nitrogens with zero attached hydrogens (tertiary/aromatic N) is 4. The van der Waals surface area contributed by atoms with E-state index in [1.165, 1.54) is 18.3 Å². The maximum atomic E-state index is 13.9. The molecule has 28 heavy (non-hydrogen) atoms. The van der Waals surface area contributed by atoms with Crippen LogP contribution < -0.4 is 10.2 Å². The standard InChI is InChI=1S/C19H18ClF2N5O/c20-19-25-8-15(21)18(26-19)27-9-13-12(14(13)10-27)5-6-23-17(28)4-2-11-1-3-16(22)24-7-11/h1-4,7-8,12-14H,5-6,9-10H2,(H,23,28)/b4-2+/t12-,13-,14+. The third-order valence-electron chi connectivity index (χ3n) is 5.32. The molecule has 1 saturated carbocycles. The Morgan fingerprint density at radius 3 is 2.75 bits per heavy atom. The summed E-state index contributed by atoms with van der Waals surface area (Å²) in [4.78, 5) is 24.9. The fourth-order valence-electron chi connectivity index (χ4n) is 3.89. The van der Waals surface area contributed by atoms with Gasteiger partial charge in [-0.3, -0.25) is 4.79 Å². The lowest BCUT2D eigenvalue weighted by atomic mass is 10.2. The van der Waals surface area contributed by atoms with Crippen LogP contribution in [0.25, 0.3) is 6.08 Å². The van der Waals surface area contributed by atoms with Gasteiger partial charge in [0.15, 0.2) is 11.6 Å². The summed E-state index contributed by atoms with van der Waals surface area (Å²) in [6.07, 6.45) is 6.34. The van der Waals surface area contributed by atoms with Gasteiger partial charge in [0.1, 0.15) is 0 Å². The molecule has 1 N–H and O–H groups in total. The van der Waals surface area contributed by atoms with Gasteiger partial charge in [0, 0.05) is 31.9 Å². The molecule has 2 aromatic rings. The van der Waals surface area contributed by atoms with Crippen molar-refractivity contribution >= 4 is 29.4 Å². The Morgan fingerprint density at radius 1 is 1.25 bits per heavy atom. The molecule has 6 nitrogen and oxygen atoms in total. The third-order valence-corrected chi connectivity index (χ3v) is 5.50. The topological polar surface area (TPSA) is 71.0 Å². The number of pyridine rings is 1. The smallest absolute Gasteiger partial charge is 0.244 e. The molecule has 9 heteroatoms. The van der Waals surface area contributed by atoms with Crippen molar-refractivity contribution in [1.82, 2.24) is 20.3 Å². The molecule has 146 valence electrons. The molecule has 1 amide bonds. The number of hydrogen-bond acceptors (Lipinski definition) is 5. The molecule has 3 heterocycles. The Hall–Kier alpha value is -2.61. The van der Waals surface area contributed by atoms with Gasteiger partial charge < -0.3 is 10.2 Å². The van der Waals surface area contributed by atoms with E-state index in [1.807, 2.05) is 4.90 Å². The SMILES string of the molecule is O=C(/C=C/c1ccc(F)nc1)NCC[C@@H]1[C@H]2CN(c3nc(Cl)ncc3F)C[C@@H]12. The van der Waals surface area contributed by atoms with Gasteiger partial charge in [-0.15, -0.1) is 0 Å². The average Bonchev–Trinajstić information content (AvgIpc) is 3.12. The molecular weight excluding hydrogens is 388 g/mol. The normalized spacial score (nSPS) is 23.1. The Bertz CT molecular complexity index is 896. The molecule has 0 aromatic carbocycles. The lowest BCUT2D eigenvalue weighted by molar-refractivity contribution is -0.116. The summed E-state index contributed by atoms with van der Waals surface area (Å²) in [6, 6.07) is 2.80. The Morgan fingerprint density at radius 2 is 2.04 bits per heavy atom. The second kappa shape index (κ2) is 7.79. The number of aromatic nitrogens is 3. The molecule has 4 rings (SSSR count). The van der Waals surface area contributed by atoms with Gasteiger partial charge in [-0.05, 0) is 59.5 Å². The molecule has 2 aliphatic rings. The number of hydrogen-bond donors (Lipinski definition) is 1. The number of rotatable bonds is 6. The predicted octanol–water partition coefficient (Wildman–Crippen LogP) is 2.71. The van der Waals surface area contributed by atoms with Crippen LogP contribution in [0.15, 0.2) is 30.6 Å². The van der Waals surface area contributed by atoms with Crippen LogP contribution in [-0.4, -0.2) is 40.5 Å². The summed E-state index contributed by atoms with van der Waals surface area (Å²) < 4.78 is 26.6. The van der Waals surface area contributed by atoms with Gasteiger partial charge in [0.25, 0.3) is 0 Å². The van der Waals surface area contributed by atoms with E-state index in [0.717, 1.165) is 25.7 Å². The van der Waals surface area contributed by atoms with Crippen LogP contribution in [0.3, 0.4) is 0 Å². The highest BCUT2D eigenvalue weighted by Gasteiger charge is 2.55. The van der Waals surface area contributed by atoms with E-state index in [4.69, 9.17) is 11.6 Å². The third kappa shape index (κ3) is 4.11. The summed E-state index contributed by atoms with van der Waals surface area (Å²) in [6.45, 7) is 2.06. The highest BCUT2D eigenvalue weighted by Crippen LogP contribution is 2.54.